The zero-order valence-electron chi connectivity index (χ0n) is 8.29. The van der Waals surface area contributed by atoms with Crippen LogP contribution in [0.15, 0.2) is 18.2 Å². The number of carbonyl (C=O) groups is 1. The Labute approximate surface area is 83.6 Å². The fourth-order valence-corrected chi connectivity index (χ4v) is 1.76. The summed E-state index contributed by atoms with van der Waals surface area (Å²) >= 11 is 0. The minimum Gasteiger partial charge on any atom is -0.478 e. The lowest BCUT2D eigenvalue weighted by atomic mass is 9.99. The highest BCUT2D eigenvalue weighted by molar-refractivity contribution is 5.89. The van der Waals surface area contributed by atoms with Gasteiger partial charge in [-0.1, -0.05) is 19.1 Å². The van der Waals surface area contributed by atoms with Gasteiger partial charge in [0.25, 0.3) is 0 Å². The number of rotatable bonds is 3. The molecule has 0 saturated heterocycles. The molecule has 2 heteroatoms. The van der Waals surface area contributed by atoms with Crippen molar-refractivity contribution >= 4 is 5.97 Å². The highest BCUT2D eigenvalue weighted by Gasteiger charge is 2.27. The lowest BCUT2D eigenvalue weighted by Crippen LogP contribution is -2.02. The summed E-state index contributed by atoms with van der Waals surface area (Å²) in [5.41, 5.74) is 2.76. The molecule has 0 unspecified atom stereocenters. The summed E-state index contributed by atoms with van der Waals surface area (Å²) in [4.78, 5) is 11.0. The average Bonchev–Trinajstić information content (AvgIpc) is 3.00. The zero-order chi connectivity index (χ0) is 10.1. The standard InChI is InChI=1S/C12H14O2/c1-2-8-3-6-10(12(13)14)11(7-8)9-4-5-9/h3,6-7,9H,2,4-5H2,1H3,(H,13,14). The molecule has 1 aliphatic carbocycles. The Balaban J connectivity index is 2.43. The van der Waals surface area contributed by atoms with Crippen LogP contribution in [0.3, 0.4) is 0 Å². The third-order valence-corrected chi connectivity index (χ3v) is 2.77. The molecule has 2 nitrogen and oxygen atoms in total. The lowest BCUT2D eigenvalue weighted by molar-refractivity contribution is 0.0695. The largest absolute Gasteiger partial charge is 0.478 e. The Hall–Kier alpha value is -1.31. The lowest BCUT2D eigenvalue weighted by Gasteiger charge is -2.06. The summed E-state index contributed by atoms with van der Waals surface area (Å²) in [5.74, 6) is -0.290. The highest BCUT2D eigenvalue weighted by atomic mass is 16.4. The maximum Gasteiger partial charge on any atom is 0.335 e. The summed E-state index contributed by atoms with van der Waals surface area (Å²) in [6.45, 7) is 2.09. The van der Waals surface area contributed by atoms with E-state index < -0.39 is 5.97 Å². The molecule has 0 heterocycles. The highest BCUT2D eigenvalue weighted by Crippen LogP contribution is 2.42. The topological polar surface area (TPSA) is 37.3 Å². The van der Waals surface area contributed by atoms with Crippen LogP contribution < -0.4 is 0 Å². The number of aromatic carboxylic acids is 1. The minimum absolute atomic E-state index is 0.490. The van der Waals surface area contributed by atoms with Crippen molar-refractivity contribution in [2.45, 2.75) is 32.1 Å². The Morgan fingerprint density at radius 1 is 1.50 bits per heavy atom. The van der Waals surface area contributed by atoms with Crippen molar-refractivity contribution in [3.8, 4) is 0 Å². The zero-order valence-corrected chi connectivity index (χ0v) is 8.29. The smallest absolute Gasteiger partial charge is 0.335 e. The molecule has 0 aromatic heterocycles. The Kier molecular flexibility index (Phi) is 2.28. The van der Waals surface area contributed by atoms with E-state index in [1.165, 1.54) is 5.56 Å². The molecule has 0 aliphatic heterocycles. The maximum absolute atomic E-state index is 11.0. The van der Waals surface area contributed by atoms with E-state index >= 15 is 0 Å². The van der Waals surface area contributed by atoms with Crippen molar-refractivity contribution in [2.75, 3.05) is 0 Å². The molecule has 2 rings (SSSR count). The fourth-order valence-electron chi connectivity index (χ4n) is 1.76. The van der Waals surface area contributed by atoms with Gasteiger partial charge < -0.3 is 5.11 Å². The van der Waals surface area contributed by atoms with Gasteiger partial charge in [0.05, 0.1) is 5.56 Å². The quantitative estimate of drug-likeness (QED) is 0.795. The summed E-state index contributed by atoms with van der Waals surface area (Å²) in [5, 5.41) is 9.01. The Morgan fingerprint density at radius 3 is 2.71 bits per heavy atom. The molecule has 1 N–H and O–H groups in total. The third-order valence-electron chi connectivity index (χ3n) is 2.77. The van der Waals surface area contributed by atoms with Crippen molar-refractivity contribution in [3.05, 3.63) is 34.9 Å². The number of aryl methyl sites for hydroxylation is 1. The van der Waals surface area contributed by atoms with Gasteiger partial charge in [0.2, 0.25) is 0 Å². The van der Waals surface area contributed by atoms with Crippen LogP contribution in [0.25, 0.3) is 0 Å². The van der Waals surface area contributed by atoms with Crippen LogP contribution in [0.5, 0.6) is 0 Å². The minimum atomic E-state index is -0.797. The molecule has 14 heavy (non-hydrogen) atoms. The number of hydrogen-bond donors (Lipinski definition) is 1. The summed E-state index contributed by atoms with van der Waals surface area (Å²) < 4.78 is 0. The van der Waals surface area contributed by atoms with Gasteiger partial charge in [-0.25, -0.2) is 4.79 Å². The van der Waals surface area contributed by atoms with Gasteiger partial charge in [-0.2, -0.15) is 0 Å². The Bertz CT molecular complexity index is 365. The number of benzene rings is 1. The molecule has 74 valence electrons. The second-order valence-corrected chi connectivity index (χ2v) is 3.85. The second-order valence-electron chi connectivity index (χ2n) is 3.85. The fraction of sp³-hybridized carbons (Fsp3) is 0.417. The third kappa shape index (κ3) is 1.65. The normalized spacial score (nSPS) is 15.5. The second kappa shape index (κ2) is 3.45. The van der Waals surface area contributed by atoms with Gasteiger partial charge in [-0.3, -0.25) is 0 Å². The van der Waals surface area contributed by atoms with Crippen molar-refractivity contribution in [2.24, 2.45) is 0 Å². The van der Waals surface area contributed by atoms with E-state index in [4.69, 9.17) is 5.11 Å². The van der Waals surface area contributed by atoms with Gasteiger partial charge in [-0.15, -0.1) is 0 Å². The molecule has 0 bridgehead atoms. The van der Waals surface area contributed by atoms with E-state index in [0.717, 1.165) is 24.8 Å². The molecule has 1 fully saturated rings. The van der Waals surface area contributed by atoms with Crippen molar-refractivity contribution in [1.82, 2.24) is 0 Å². The van der Waals surface area contributed by atoms with Gasteiger partial charge in [-0.05, 0) is 42.4 Å². The SMILES string of the molecule is CCc1ccc(C(=O)O)c(C2CC2)c1. The van der Waals surface area contributed by atoms with Crippen molar-refractivity contribution in [1.29, 1.82) is 0 Å². The van der Waals surface area contributed by atoms with Gasteiger partial charge in [0.1, 0.15) is 0 Å². The van der Waals surface area contributed by atoms with Crippen LogP contribution in [-0.4, -0.2) is 11.1 Å². The van der Waals surface area contributed by atoms with Crippen LogP contribution in [0.2, 0.25) is 0 Å². The van der Waals surface area contributed by atoms with E-state index in [2.05, 4.69) is 13.0 Å². The number of hydrogen-bond acceptors (Lipinski definition) is 1. The van der Waals surface area contributed by atoms with Crippen LogP contribution in [0.1, 0.15) is 47.2 Å². The molecule has 1 aliphatic rings. The van der Waals surface area contributed by atoms with Crippen LogP contribution in [0, 0.1) is 0 Å². The number of carboxylic acid groups (broad SMARTS) is 1. The first kappa shape index (κ1) is 9.25. The van der Waals surface area contributed by atoms with E-state index in [-0.39, 0.29) is 0 Å². The molecule has 0 amide bonds. The van der Waals surface area contributed by atoms with E-state index in [9.17, 15) is 4.79 Å². The first-order valence-corrected chi connectivity index (χ1v) is 5.08. The predicted octanol–water partition coefficient (Wildman–Crippen LogP) is 2.82. The average molecular weight is 190 g/mol. The van der Waals surface area contributed by atoms with Gasteiger partial charge >= 0.3 is 5.97 Å². The molecular formula is C12H14O2. The maximum atomic E-state index is 11.0. The molecular weight excluding hydrogens is 176 g/mol. The van der Waals surface area contributed by atoms with Gasteiger partial charge in [0, 0.05) is 0 Å². The summed E-state index contributed by atoms with van der Waals surface area (Å²) in [6.07, 6.45) is 3.26. The van der Waals surface area contributed by atoms with Gasteiger partial charge in [0.15, 0.2) is 0 Å². The summed E-state index contributed by atoms with van der Waals surface area (Å²) in [6, 6.07) is 5.71. The monoisotopic (exact) mass is 190 g/mol. The van der Waals surface area contributed by atoms with E-state index in [1.54, 1.807) is 6.07 Å². The molecule has 0 radical (unpaired) electrons. The first-order valence-electron chi connectivity index (χ1n) is 5.08. The Morgan fingerprint density at radius 2 is 2.21 bits per heavy atom. The van der Waals surface area contributed by atoms with Crippen molar-refractivity contribution in [3.63, 3.8) is 0 Å². The summed E-state index contributed by atoms with van der Waals surface area (Å²) in [7, 11) is 0. The van der Waals surface area contributed by atoms with Crippen LogP contribution in [0.4, 0.5) is 0 Å². The molecule has 1 saturated carbocycles. The predicted molar refractivity (Wildman–Crippen MR) is 54.8 cm³/mol. The first-order chi connectivity index (χ1) is 6.72. The van der Waals surface area contributed by atoms with Crippen LogP contribution >= 0.6 is 0 Å². The number of carboxylic acids is 1. The molecule has 0 spiro atoms. The van der Waals surface area contributed by atoms with E-state index in [0.29, 0.717) is 11.5 Å². The van der Waals surface area contributed by atoms with Crippen molar-refractivity contribution < 1.29 is 9.90 Å². The van der Waals surface area contributed by atoms with Crippen LogP contribution in [-0.2, 0) is 6.42 Å². The molecule has 1 aromatic rings. The molecule has 1 aromatic carbocycles. The van der Waals surface area contributed by atoms with E-state index in [1.807, 2.05) is 6.07 Å². The molecule has 0 atom stereocenters.